The molecule has 0 N–H and O–H groups in total. The highest BCUT2D eigenvalue weighted by Crippen LogP contribution is 2.25. The van der Waals surface area contributed by atoms with Crippen LogP contribution < -0.4 is 4.90 Å². The summed E-state index contributed by atoms with van der Waals surface area (Å²) in [4.78, 5) is 28.5. The zero-order valence-electron chi connectivity index (χ0n) is 13.5. The Morgan fingerprint density at radius 1 is 1.24 bits per heavy atom. The largest absolute Gasteiger partial charge is 0.329 e. The van der Waals surface area contributed by atoms with Gasteiger partial charge in [0.25, 0.3) is 0 Å². The summed E-state index contributed by atoms with van der Waals surface area (Å²) in [5.74, 6) is 0.0247. The van der Waals surface area contributed by atoms with E-state index in [0.29, 0.717) is 13.1 Å². The number of rotatable bonds is 1. The van der Waals surface area contributed by atoms with Crippen LogP contribution in [-0.4, -0.2) is 35.8 Å². The first-order chi connectivity index (χ1) is 9.71. The predicted octanol–water partition coefficient (Wildman–Crippen LogP) is 2.60. The van der Waals surface area contributed by atoms with Crippen molar-refractivity contribution < 1.29 is 9.59 Å². The Labute approximate surface area is 126 Å². The molecule has 2 amide bonds. The van der Waals surface area contributed by atoms with Gasteiger partial charge in [0, 0.05) is 24.2 Å². The minimum Gasteiger partial charge on any atom is -0.329 e. The Morgan fingerprint density at radius 2 is 1.90 bits per heavy atom. The highest BCUT2D eigenvalue weighted by Gasteiger charge is 2.38. The van der Waals surface area contributed by atoms with Gasteiger partial charge in [-0.2, -0.15) is 0 Å². The van der Waals surface area contributed by atoms with Gasteiger partial charge in [-0.3, -0.25) is 9.59 Å². The molecule has 1 atom stereocenters. The fourth-order valence-corrected chi connectivity index (χ4v) is 2.63. The smallest absolute Gasteiger partial charge is 0.249 e. The molecule has 1 aromatic rings. The average molecular weight is 288 g/mol. The molecule has 4 heteroatoms. The van der Waals surface area contributed by atoms with Crippen molar-refractivity contribution in [1.29, 1.82) is 0 Å². The molecule has 0 spiro atoms. The van der Waals surface area contributed by atoms with Crippen LogP contribution in [0.5, 0.6) is 0 Å². The lowest BCUT2D eigenvalue weighted by Gasteiger charge is -2.41. The number of benzene rings is 1. The fourth-order valence-electron chi connectivity index (χ4n) is 2.63. The van der Waals surface area contributed by atoms with Crippen LogP contribution in [-0.2, 0) is 9.59 Å². The summed E-state index contributed by atoms with van der Waals surface area (Å²) in [6.07, 6.45) is 0. The molecule has 0 bridgehead atoms. The zero-order chi connectivity index (χ0) is 15.8. The van der Waals surface area contributed by atoms with Crippen molar-refractivity contribution in [3.05, 3.63) is 29.8 Å². The lowest BCUT2D eigenvalue weighted by Crippen LogP contribution is -2.59. The molecular formula is C17H24N2O2. The number of carbonyl (C=O) groups is 2. The average Bonchev–Trinajstić information content (AvgIpc) is 2.40. The van der Waals surface area contributed by atoms with Crippen molar-refractivity contribution in [1.82, 2.24) is 4.90 Å². The molecule has 0 radical (unpaired) electrons. The van der Waals surface area contributed by atoms with Gasteiger partial charge < -0.3 is 9.80 Å². The van der Waals surface area contributed by atoms with Gasteiger partial charge in [-0.1, -0.05) is 32.9 Å². The quantitative estimate of drug-likeness (QED) is 0.797. The van der Waals surface area contributed by atoms with E-state index in [1.807, 2.05) is 58.9 Å². The summed E-state index contributed by atoms with van der Waals surface area (Å²) in [6.45, 7) is 10.6. The van der Waals surface area contributed by atoms with E-state index in [2.05, 4.69) is 0 Å². The van der Waals surface area contributed by atoms with Crippen LogP contribution in [0.1, 0.15) is 33.3 Å². The second-order valence-electron chi connectivity index (χ2n) is 6.75. The van der Waals surface area contributed by atoms with Gasteiger partial charge >= 0.3 is 0 Å². The fraction of sp³-hybridized carbons (Fsp3) is 0.529. The Balaban J connectivity index is 2.21. The molecule has 4 nitrogen and oxygen atoms in total. The first-order valence-corrected chi connectivity index (χ1v) is 7.41. The van der Waals surface area contributed by atoms with E-state index in [1.165, 1.54) is 0 Å². The number of piperazine rings is 1. The maximum atomic E-state index is 12.6. The normalized spacial score (nSPS) is 19.9. The highest BCUT2D eigenvalue weighted by molar-refractivity contribution is 6.00. The van der Waals surface area contributed by atoms with Gasteiger partial charge in [0.2, 0.25) is 11.8 Å². The molecule has 1 aliphatic rings. The van der Waals surface area contributed by atoms with Crippen LogP contribution in [0.2, 0.25) is 0 Å². The first-order valence-electron chi connectivity index (χ1n) is 7.41. The van der Waals surface area contributed by atoms with Crippen molar-refractivity contribution in [2.45, 2.75) is 40.7 Å². The molecule has 1 fully saturated rings. The first kappa shape index (κ1) is 15.5. The van der Waals surface area contributed by atoms with Crippen LogP contribution in [0.3, 0.4) is 0 Å². The van der Waals surface area contributed by atoms with E-state index < -0.39 is 11.5 Å². The number of amides is 2. The van der Waals surface area contributed by atoms with Crippen LogP contribution in [0.4, 0.5) is 5.69 Å². The molecule has 0 aliphatic carbocycles. The third-order valence-electron chi connectivity index (χ3n) is 3.87. The van der Waals surface area contributed by atoms with E-state index in [1.54, 1.807) is 9.80 Å². The van der Waals surface area contributed by atoms with Gasteiger partial charge in [-0.15, -0.1) is 0 Å². The van der Waals surface area contributed by atoms with Crippen LogP contribution in [0.15, 0.2) is 24.3 Å². The van der Waals surface area contributed by atoms with Gasteiger partial charge in [0.15, 0.2) is 0 Å². The van der Waals surface area contributed by atoms with Crippen molar-refractivity contribution in [2.75, 3.05) is 18.0 Å². The molecule has 0 aromatic heterocycles. The summed E-state index contributed by atoms with van der Waals surface area (Å²) in [5, 5.41) is 0. The second-order valence-corrected chi connectivity index (χ2v) is 6.75. The number of nitrogens with zero attached hydrogens (tertiary/aromatic N) is 2. The monoisotopic (exact) mass is 288 g/mol. The summed E-state index contributed by atoms with van der Waals surface area (Å²) >= 11 is 0. The van der Waals surface area contributed by atoms with Crippen molar-refractivity contribution in [3.63, 3.8) is 0 Å². The Bertz CT molecular complexity index is 560. The van der Waals surface area contributed by atoms with E-state index >= 15 is 0 Å². The van der Waals surface area contributed by atoms with Gasteiger partial charge in [0.1, 0.15) is 6.04 Å². The van der Waals surface area contributed by atoms with Gasteiger partial charge in [-0.05, 0) is 31.5 Å². The minimum atomic E-state index is -0.458. The standard InChI is InChI=1S/C17H24N2O2/c1-12-7-6-8-14(11-12)19-10-9-18(13(2)15(19)20)16(21)17(3,4)5/h6-8,11,13H,9-10H2,1-5H3/t13-/m0/s1. The van der Waals surface area contributed by atoms with E-state index in [4.69, 9.17) is 0 Å². The maximum Gasteiger partial charge on any atom is 0.249 e. The molecule has 2 rings (SSSR count). The SMILES string of the molecule is Cc1cccc(N2CCN(C(=O)C(C)(C)C)[C@@H](C)C2=O)c1. The predicted molar refractivity (Wildman–Crippen MR) is 84.2 cm³/mol. The van der Waals surface area contributed by atoms with E-state index in [9.17, 15) is 9.59 Å². The molecule has 114 valence electrons. The minimum absolute atomic E-state index is 0.00977. The maximum absolute atomic E-state index is 12.6. The Hall–Kier alpha value is -1.84. The Morgan fingerprint density at radius 3 is 2.48 bits per heavy atom. The zero-order valence-corrected chi connectivity index (χ0v) is 13.5. The molecule has 0 saturated carbocycles. The number of hydrogen-bond donors (Lipinski definition) is 0. The number of carbonyl (C=O) groups excluding carboxylic acids is 2. The van der Waals surface area contributed by atoms with Gasteiger partial charge in [0.05, 0.1) is 0 Å². The molecule has 0 unspecified atom stereocenters. The molecule has 21 heavy (non-hydrogen) atoms. The number of aryl methyl sites for hydroxylation is 1. The van der Waals surface area contributed by atoms with Crippen molar-refractivity contribution in [3.8, 4) is 0 Å². The van der Waals surface area contributed by atoms with E-state index in [0.717, 1.165) is 11.3 Å². The highest BCUT2D eigenvalue weighted by atomic mass is 16.2. The summed E-state index contributed by atoms with van der Waals surface area (Å²) in [6, 6.07) is 7.50. The molecular weight excluding hydrogens is 264 g/mol. The lowest BCUT2D eigenvalue weighted by atomic mass is 9.93. The third-order valence-corrected chi connectivity index (χ3v) is 3.87. The molecule has 1 aliphatic heterocycles. The number of hydrogen-bond acceptors (Lipinski definition) is 2. The summed E-state index contributed by atoms with van der Waals surface area (Å²) in [5.41, 5.74) is 1.58. The molecule has 1 aromatic carbocycles. The van der Waals surface area contributed by atoms with Crippen molar-refractivity contribution >= 4 is 17.5 Å². The number of anilines is 1. The van der Waals surface area contributed by atoms with Gasteiger partial charge in [-0.25, -0.2) is 0 Å². The van der Waals surface area contributed by atoms with Crippen LogP contribution in [0, 0.1) is 12.3 Å². The lowest BCUT2D eigenvalue weighted by molar-refractivity contribution is -0.147. The molecule has 1 heterocycles. The molecule has 1 saturated heterocycles. The summed E-state index contributed by atoms with van der Waals surface area (Å²) in [7, 11) is 0. The van der Waals surface area contributed by atoms with Crippen molar-refractivity contribution in [2.24, 2.45) is 5.41 Å². The van der Waals surface area contributed by atoms with E-state index in [-0.39, 0.29) is 11.8 Å². The topological polar surface area (TPSA) is 40.6 Å². The Kier molecular flexibility index (Phi) is 4.08. The third kappa shape index (κ3) is 3.09. The van der Waals surface area contributed by atoms with Crippen LogP contribution >= 0.6 is 0 Å². The second kappa shape index (κ2) is 5.51. The van der Waals surface area contributed by atoms with Crippen LogP contribution in [0.25, 0.3) is 0 Å². The summed E-state index contributed by atoms with van der Waals surface area (Å²) < 4.78 is 0.